The summed E-state index contributed by atoms with van der Waals surface area (Å²) < 4.78 is 5.36. The van der Waals surface area contributed by atoms with Gasteiger partial charge in [0, 0.05) is 38.0 Å². The molecule has 5 heteroatoms. The van der Waals surface area contributed by atoms with Crippen LogP contribution in [-0.2, 0) is 16.0 Å². The Labute approximate surface area is 106 Å². The van der Waals surface area contributed by atoms with E-state index in [4.69, 9.17) is 4.74 Å². The maximum absolute atomic E-state index is 12.2. The highest BCUT2D eigenvalue weighted by Crippen LogP contribution is 2.09. The normalized spacial score (nSPS) is 20.5. The third kappa shape index (κ3) is 3.51. The fraction of sp³-hybridized carbons (Fsp3) is 0.538. The number of aromatic nitrogens is 1. The predicted molar refractivity (Wildman–Crippen MR) is 65.9 cm³/mol. The number of nitrogens with zero attached hydrogens (tertiary/aromatic N) is 2. The van der Waals surface area contributed by atoms with E-state index >= 15 is 0 Å². The Morgan fingerprint density at radius 3 is 3.00 bits per heavy atom. The number of carbonyl (C=O) groups excluding carboxylic acids is 1. The van der Waals surface area contributed by atoms with Crippen molar-refractivity contribution in [3.05, 3.63) is 30.1 Å². The topological polar surface area (TPSA) is 62.7 Å². The molecule has 1 atom stereocenters. The molecule has 5 nitrogen and oxygen atoms in total. The van der Waals surface area contributed by atoms with Crippen molar-refractivity contribution >= 4 is 5.91 Å². The van der Waals surface area contributed by atoms with E-state index in [9.17, 15) is 9.90 Å². The third-order valence-corrected chi connectivity index (χ3v) is 3.05. The first-order chi connectivity index (χ1) is 8.79. The van der Waals surface area contributed by atoms with Crippen molar-refractivity contribution in [2.24, 2.45) is 5.92 Å². The van der Waals surface area contributed by atoms with Crippen molar-refractivity contribution in [2.45, 2.75) is 6.42 Å². The van der Waals surface area contributed by atoms with Crippen molar-refractivity contribution in [3.63, 3.8) is 0 Å². The minimum atomic E-state index is 0.0221. The summed E-state index contributed by atoms with van der Waals surface area (Å²) in [6.45, 7) is 2.29. The summed E-state index contributed by atoms with van der Waals surface area (Å²) in [4.78, 5) is 17.8. The van der Waals surface area contributed by atoms with Gasteiger partial charge in [-0.3, -0.25) is 9.78 Å². The van der Waals surface area contributed by atoms with E-state index < -0.39 is 0 Å². The van der Waals surface area contributed by atoms with Gasteiger partial charge in [-0.2, -0.15) is 0 Å². The van der Waals surface area contributed by atoms with Gasteiger partial charge in [0.05, 0.1) is 19.6 Å². The Morgan fingerprint density at radius 1 is 1.50 bits per heavy atom. The molecule has 1 unspecified atom stereocenters. The molecule has 1 aliphatic rings. The van der Waals surface area contributed by atoms with Crippen LogP contribution in [0.25, 0.3) is 0 Å². The van der Waals surface area contributed by atoms with Crippen LogP contribution < -0.4 is 0 Å². The number of ether oxygens (including phenoxy) is 1. The van der Waals surface area contributed by atoms with Crippen molar-refractivity contribution in [2.75, 3.05) is 32.9 Å². The van der Waals surface area contributed by atoms with E-state index in [0.717, 1.165) is 5.56 Å². The molecule has 0 aliphatic carbocycles. The van der Waals surface area contributed by atoms with Gasteiger partial charge in [0.2, 0.25) is 5.91 Å². The standard InChI is InChI=1S/C13H18N2O3/c16-9-12-8-15(5-6-18-10-12)13(17)7-11-1-3-14-4-2-11/h1-4,12,16H,5-10H2. The number of carbonyl (C=O) groups is 1. The number of amides is 1. The van der Waals surface area contributed by atoms with Gasteiger partial charge in [0.25, 0.3) is 0 Å². The lowest BCUT2D eigenvalue weighted by atomic mass is 10.1. The fourth-order valence-corrected chi connectivity index (χ4v) is 2.00. The van der Waals surface area contributed by atoms with Crippen LogP contribution in [0.5, 0.6) is 0 Å². The third-order valence-electron chi connectivity index (χ3n) is 3.05. The zero-order valence-electron chi connectivity index (χ0n) is 10.3. The molecule has 1 N–H and O–H groups in total. The SMILES string of the molecule is O=C(Cc1ccncc1)N1CCOCC(CO)C1. The van der Waals surface area contributed by atoms with E-state index in [2.05, 4.69) is 4.98 Å². The van der Waals surface area contributed by atoms with Crippen molar-refractivity contribution < 1.29 is 14.6 Å². The average Bonchev–Trinajstić information content (AvgIpc) is 2.65. The fourth-order valence-electron chi connectivity index (χ4n) is 2.00. The average molecular weight is 250 g/mol. The van der Waals surface area contributed by atoms with Crippen LogP contribution >= 0.6 is 0 Å². The number of aliphatic hydroxyl groups is 1. The first-order valence-electron chi connectivity index (χ1n) is 6.15. The minimum absolute atomic E-state index is 0.0221. The second-order valence-corrected chi connectivity index (χ2v) is 4.50. The summed E-state index contributed by atoms with van der Waals surface area (Å²) in [6.07, 6.45) is 3.75. The molecule has 0 bridgehead atoms. The number of rotatable bonds is 3. The van der Waals surface area contributed by atoms with Gasteiger partial charge < -0.3 is 14.7 Å². The van der Waals surface area contributed by atoms with Gasteiger partial charge in [-0.05, 0) is 17.7 Å². The number of hydrogen-bond acceptors (Lipinski definition) is 4. The Kier molecular flexibility index (Phi) is 4.66. The summed E-state index contributed by atoms with van der Waals surface area (Å²) in [5, 5.41) is 9.18. The lowest BCUT2D eigenvalue weighted by Gasteiger charge is -2.22. The lowest BCUT2D eigenvalue weighted by molar-refractivity contribution is -0.131. The second kappa shape index (κ2) is 6.47. The van der Waals surface area contributed by atoms with E-state index in [-0.39, 0.29) is 18.4 Å². The molecule has 2 heterocycles. The van der Waals surface area contributed by atoms with Crippen LogP contribution in [0.15, 0.2) is 24.5 Å². The largest absolute Gasteiger partial charge is 0.396 e. The maximum Gasteiger partial charge on any atom is 0.227 e. The van der Waals surface area contributed by atoms with Crippen LogP contribution in [0.2, 0.25) is 0 Å². The monoisotopic (exact) mass is 250 g/mol. The number of pyridine rings is 1. The second-order valence-electron chi connectivity index (χ2n) is 4.50. The Balaban J connectivity index is 1.95. The molecule has 98 valence electrons. The molecular weight excluding hydrogens is 232 g/mol. The van der Waals surface area contributed by atoms with Gasteiger partial charge in [-0.1, -0.05) is 0 Å². The molecule has 2 rings (SSSR count). The van der Waals surface area contributed by atoms with Crippen LogP contribution in [0, 0.1) is 5.92 Å². The summed E-state index contributed by atoms with van der Waals surface area (Å²) in [7, 11) is 0. The van der Waals surface area contributed by atoms with Crippen LogP contribution in [0.3, 0.4) is 0 Å². The van der Waals surface area contributed by atoms with Crippen LogP contribution in [0.4, 0.5) is 0 Å². The van der Waals surface area contributed by atoms with Crippen molar-refractivity contribution in [1.29, 1.82) is 0 Å². The predicted octanol–water partition coefficient (Wildman–Crippen LogP) is 0.0914. The van der Waals surface area contributed by atoms with Crippen LogP contribution in [-0.4, -0.2) is 53.8 Å². The highest BCUT2D eigenvalue weighted by molar-refractivity contribution is 5.78. The zero-order valence-corrected chi connectivity index (χ0v) is 10.3. The first kappa shape index (κ1) is 13.0. The Hall–Kier alpha value is -1.46. The molecule has 0 saturated carbocycles. The van der Waals surface area contributed by atoms with Gasteiger partial charge in [0.1, 0.15) is 0 Å². The lowest BCUT2D eigenvalue weighted by Crippen LogP contribution is -2.37. The summed E-state index contributed by atoms with van der Waals surface area (Å²) >= 11 is 0. The summed E-state index contributed by atoms with van der Waals surface area (Å²) in [5.74, 6) is 0.0963. The molecule has 1 aliphatic heterocycles. The molecule has 0 aromatic carbocycles. The molecule has 1 fully saturated rings. The smallest absolute Gasteiger partial charge is 0.227 e. The highest BCUT2D eigenvalue weighted by atomic mass is 16.5. The van der Waals surface area contributed by atoms with Crippen LogP contribution in [0.1, 0.15) is 5.56 Å². The molecule has 1 aromatic heterocycles. The molecule has 0 radical (unpaired) electrons. The van der Waals surface area contributed by atoms with Crippen molar-refractivity contribution in [3.8, 4) is 0 Å². The molecular formula is C13H18N2O3. The zero-order chi connectivity index (χ0) is 12.8. The Morgan fingerprint density at radius 2 is 2.28 bits per heavy atom. The molecule has 0 spiro atoms. The van der Waals surface area contributed by atoms with E-state index in [0.29, 0.717) is 32.7 Å². The molecule has 1 saturated heterocycles. The molecule has 18 heavy (non-hydrogen) atoms. The Bertz CT molecular complexity index is 383. The number of hydrogen-bond donors (Lipinski definition) is 1. The van der Waals surface area contributed by atoms with Gasteiger partial charge in [-0.25, -0.2) is 0 Å². The minimum Gasteiger partial charge on any atom is -0.396 e. The summed E-state index contributed by atoms with van der Waals surface area (Å²) in [6, 6.07) is 3.69. The highest BCUT2D eigenvalue weighted by Gasteiger charge is 2.21. The molecule has 1 aromatic rings. The quantitative estimate of drug-likeness (QED) is 0.826. The number of aliphatic hydroxyl groups excluding tert-OH is 1. The van der Waals surface area contributed by atoms with E-state index in [1.165, 1.54) is 0 Å². The molecule has 1 amide bonds. The van der Waals surface area contributed by atoms with E-state index in [1.807, 2.05) is 12.1 Å². The van der Waals surface area contributed by atoms with Gasteiger partial charge >= 0.3 is 0 Å². The summed E-state index contributed by atoms with van der Waals surface area (Å²) in [5.41, 5.74) is 0.959. The first-order valence-corrected chi connectivity index (χ1v) is 6.15. The maximum atomic E-state index is 12.2. The van der Waals surface area contributed by atoms with Crippen molar-refractivity contribution in [1.82, 2.24) is 9.88 Å². The van der Waals surface area contributed by atoms with E-state index in [1.54, 1.807) is 17.3 Å². The van der Waals surface area contributed by atoms with Gasteiger partial charge in [-0.15, -0.1) is 0 Å². The van der Waals surface area contributed by atoms with Gasteiger partial charge in [0.15, 0.2) is 0 Å².